The summed E-state index contributed by atoms with van der Waals surface area (Å²) in [7, 11) is 0. The molecule has 0 radical (unpaired) electrons. The van der Waals surface area contributed by atoms with Gasteiger partial charge in [0.15, 0.2) is 0 Å². The van der Waals surface area contributed by atoms with Gasteiger partial charge in [-0.15, -0.1) is 13.2 Å². The molecule has 1 heterocycles. The maximum Gasteiger partial charge on any atom is 0.573 e. The SMILES string of the molecule is CCc1nc(N)cc(Oc2ccc(OC(F)(F)F)cc2)n1. The number of rotatable bonds is 4. The third kappa shape index (κ3) is 4.51. The Balaban J connectivity index is 2.11. The monoisotopic (exact) mass is 299 g/mol. The molecule has 0 unspecified atom stereocenters. The third-order valence-corrected chi connectivity index (χ3v) is 2.36. The van der Waals surface area contributed by atoms with E-state index in [4.69, 9.17) is 10.5 Å². The van der Waals surface area contributed by atoms with Crippen molar-refractivity contribution in [3.63, 3.8) is 0 Å². The summed E-state index contributed by atoms with van der Waals surface area (Å²) in [5, 5.41) is 0. The van der Waals surface area contributed by atoms with Gasteiger partial charge in [0.05, 0.1) is 0 Å². The van der Waals surface area contributed by atoms with Gasteiger partial charge in [-0.25, -0.2) is 4.98 Å². The lowest BCUT2D eigenvalue weighted by Gasteiger charge is -2.10. The van der Waals surface area contributed by atoms with Crippen LogP contribution in [0.1, 0.15) is 12.7 Å². The molecule has 0 aliphatic carbocycles. The van der Waals surface area contributed by atoms with E-state index >= 15 is 0 Å². The highest BCUT2D eigenvalue weighted by atomic mass is 19.4. The van der Waals surface area contributed by atoms with Crippen LogP contribution < -0.4 is 15.2 Å². The van der Waals surface area contributed by atoms with E-state index in [9.17, 15) is 13.2 Å². The number of hydrogen-bond donors (Lipinski definition) is 1. The quantitative estimate of drug-likeness (QED) is 0.937. The van der Waals surface area contributed by atoms with Gasteiger partial charge >= 0.3 is 6.36 Å². The Kier molecular flexibility index (Phi) is 4.15. The summed E-state index contributed by atoms with van der Waals surface area (Å²) >= 11 is 0. The molecule has 0 aliphatic rings. The van der Waals surface area contributed by atoms with Crippen LogP contribution >= 0.6 is 0 Å². The first-order valence-corrected chi connectivity index (χ1v) is 6.03. The molecule has 0 saturated heterocycles. The molecule has 5 nitrogen and oxygen atoms in total. The molecule has 0 spiro atoms. The van der Waals surface area contributed by atoms with E-state index in [-0.39, 0.29) is 17.4 Å². The minimum Gasteiger partial charge on any atom is -0.439 e. The van der Waals surface area contributed by atoms with Crippen LogP contribution in [-0.4, -0.2) is 16.3 Å². The number of ether oxygens (including phenoxy) is 2. The number of halogens is 3. The molecule has 1 aromatic heterocycles. The number of nitrogen functional groups attached to an aromatic ring is 1. The average molecular weight is 299 g/mol. The molecule has 8 heteroatoms. The van der Waals surface area contributed by atoms with E-state index in [2.05, 4.69) is 14.7 Å². The minimum absolute atomic E-state index is 0.226. The fourth-order valence-electron chi connectivity index (χ4n) is 1.53. The van der Waals surface area contributed by atoms with E-state index < -0.39 is 6.36 Å². The molecule has 0 bridgehead atoms. The molecule has 112 valence electrons. The number of aromatic nitrogens is 2. The van der Waals surface area contributed by atoms with Gasteiger partial charge in [0.25, 0.3) is 0 Å². The number of nitrogens with zero attached hydrogens (tertiary/aromatic N) is 2. The number of alkyl halides is 3. The van der Waals surface area contributed by atoms with Gasteiger partial charge in [-0.1, -0.05) is 6.92 Å². The van der Waals surface area contributed by atoms with Crippen LogP contribution in [0.5, 0.6) is 17.4 Å². The molecule has 0 amide bonds. The maximum absolute atomic E-state index is 12.0. The number of hydrogen-bond acceptors (Lipinski definition) is 5. The highest BCUT2D eigenvalue weighted by Gasteiger charge is 2.30. The van der Waals surface area contributed by atoms with Crippen LogP contribution in [0.25, 0.3) is 0 Å². The van der Waals surface area contributed by atoms with Gasteiger partial charge < -0.3 is 15.2 Å². The molecule has 1 aromatic carbocycles. The Morgan fingerprint density at radius 1 is 1.10 bits per heavy atom. The van der Waals surface area contributed by atoms with Gasteiger partial charge in [0.2, 0.25) is 5.88 Å². The molecule has 2 N–H and O–H groups in total. The zero-order valence-corrected chi connectivity index (χ0v) is 11.0. The fraction of sp³-hybridized carbons (Fsp3) is 0.231. The highest BCUT2D eigenvalue weighted by Crippen LogP contribution is 2.27. The smallest absolute Gasteiger partial charge is 0.439 e. The summed E-state index contributed by atoms with van der Waals surface area (Å²) in [4.78, 5) is 8.09. The second kappa shape index (κ2) is 5.86. The highest BCUT2D eigenvalue weighted by molar-refractivity contribution is 5.37. The van der Waals surface area contributed by atoms with E-state index in [0.717, 1.165) is 12.1 Å². The van der Waals surface area contributed by atoms with Crippen LogP contribution in [0.2, 0.25) is 0 Å². The van der Waals surface area contributed by atoms with Crippen LogP contribution in [0.3, 0.4) is 0 Å². The molecule has 0 atom stereocenters. The van der Waals surface area contributed by atoms with E-state index in [1.165, 1.54) is 18.2 Å². The predicted octanol–water partition coefficient (Wildman–Crippen LogP) is 3.31. The standard InChI is InChI=1S/C13H12F3N3O2/c1-2-11-18-10(17)7-12(19-11)20-8-3-5-9(6-4-8)21-13(14,15)16/h3-7H,2H2,1H3,(H2,17,18,19). The first kappa shape index (κ1) is 14.9. The topological polar surface area (TPSA) is 70.3 Å². The Bertz CT molecular complexity index is 615. The van der Waals surface area contributed by atoms with Crippen molar-refractivity contribution in [1.82, 2.24) is 9.97 Å². The Labute approximate surface area is 118 Å². The predicted molar refractivity (Wildman–Crippen MR) is 69.0 cm³/mol. The van der Waals surface area contributed by atoms with Crippen molar-refractivity contribution in [3.05, 3.63) is 36.2 Å². The molecule has 21 heavy (non-hydrogen) atoms. The van der Waals surface area contributed by atoms with E-state index in [1.54, 1.807) is 0 Å². The Morgan fingerprint density at radius 3 is 2.29 bits per heavy atom. The summed E-state index contributed by atoms with van der Waals surface area (Å²) in [6.07, 6.45) is -4.14. The summed E-state index contributed by atoms with van der Waals surface area (Å²) < 4.78 is 45.3. The van der Waals surface area contributed by atoms with E-state index in [0.29, 0.717) is 18.0 Å². The number of aryl methyl sites for hydroxylation is 1. The molecule has 0 saturated carbocycles. The lowest BCUT2D eigenvalue weighted by atomic mass is 10.3. The van der Waals surface area contributed by atoms with Gasteiger partial charge in [-0.3, -0.25) is 0 Å². The minimum atomic E-state index is -4.72. The molecule has 2 rings (SSSR count). The normalized spacial score (nSPS) is 11.2. The van der Waals surface area contributed by atoms with E-state index in [1.807, 2.05) is 6.92 Å². The molecular formula is C13H12F3N3O2. The Morgan fingerprint density at radius 2 is 1.71 bits per heavy atom. The summed E-state index contributed by atoms with van der Waals surface area (Å²) in [6, 6.07) is 6.40. The van der Waals surface area contributed by atoms with Gasteiger partial charge in [0, 0.05) is 12.5 Å². The van der Waals surface area contributed by atoms with Crippen LogP contribution in [0.15, 0.2) is 30.3 Å². The molecule has 0 fully saturated rings. The number of anilines is 1. The Hall–Kier alpha value is -2.51. The lowest BCUT2D eigenvalue weighted by molar-refractivity contribution is -0.274. The average Bonchev–Trinajstić information content (AvgIpc) is 2.38. The summed E-state index contributed by atoms with van der Waals surface area (Å²) in [6.45, 7) is 1.86. The summed E-state index contributed by atoms with van der Waals surface area (Å²) in [5.41, 5.74) is 5.61. The summed E-state index contributed by atoms with van der Waals surface area (Å²) in [5.74, 6) is 0.982. The van der Waals surface area contributed by atoms with Crippen molar-refractivity contribution in [2.24, 2.45) is 0 Å². The number of benzene rings is 1. The molecule has 0 aliphatic heterocycles. The van der Waals surface area contributed by atoms with Crippen molar-refractivity contribution in [2.75, 3.05) is 5.73 Å². The number of nitrogens with two attached hydrogens (primary N) is 1. The molecular weight excluding hydrogens is 287 g/mol. The van der Waals surface area contributed by atoms with Crippen molar-refractivity contribution in [1.29, 1.82) is 0 Å². The lowest BCUT2D eigenvalue weighted by Crippen LogP contribution is -2.16. The van der Waals surface area contributed by atoms with Crippen LogP contribution in [0, 0.1) is 0 Å². The zero-order valence-electron chi connectivity index (χ0n) is 11.0. The van der Waals surface area contributed by atoms with Crippen molar-refractivity contribution in [3.8, 4) is 17.4 Å². The van der Waals surface area contributed by atoms with Crippen LogP contribution in [-0.2, 0) is 6.42 Å². The van der Waals surface area contributed by atoms with Gasteiger partial charge in [0.1, 0.15) is 23.1 Å². The fourth-order valence-corrected chi connectivity index (χ4v) is 1.53. The second-order valence-corrected chi connectivity index (χ2v) is 4.02. The van der Waals surface area contributed by atoms with Crippen molar-refractivity contribution >= 4 is 5.82 Å². The molecule has 2 aromatic rings. The van der Waals surface area contributed by atoms with Gasteiger partial charge in [-0.2, -0.15) is 4.98 Å². The maximum atomic E-state index is 12.0. The zero-order chi connectivity index (χ0) is 15.5. The second-order valence-electron chi connectivity index (χ2n) is 4.02. The van der Waals surface area contributed by atoms with Crippen molar-refractivity contribution < 1.29 is 22.6 Å². The van der Waals surface area contributed by atoms with Crippen molar-refractivity contribution in [2.45, 2.75) is 19.7 Å². The van der Waals surface area contributed by atoms with Gasteiger partial charge in [-0.05, 0) is 24.3 Å². The largest absolute Gasteiger partial charge is 0.573 e. The first-order chi connectivity index (χ1) is 9.85. The van der Waals surface area contributed by atoms with Crippen LogP contribution in [0.4, 0.5) is 19.0 Å². The first-order valence-electron chi connectivity index (χ1n) is 6.03. The third-order valence-electron chi connectivity index (χ3n) is 2.36.